The Morgan fingerprint density at radius 1 is 1.35 bits per heavy atom. The van der Waals surface area contributed by atoms with Crippen molar-refractivity contribution in [2.45, 2.75) is 32.7 Å². The lowest BCUT2D eigenvalue weighted by Gasteiger charge is -2.31. The fourth-order valence-corrected chi connectivity index (χ4v) is 2.74. The molecule has 2 N–H and O–H groups in total. The maximum atomic E-state index is 12.1. The van der Waals surface area contributed by atoms with Gasteiger partial charge in [0.1, 0.15) is 0 Å². The summed E-state index contributed by atoms with van der Waals surface area (Å²) in [6.45, 7) is 5.34. The Kier molecular flexibility index (Phi) is 6.27. The maximum Gasteiger partial charge on any atom is 0.409 e. The molecule has 1 aliphatic rings. The van der Waals surface area contributed by atoms with Crippen LogP contribution in [0.5, 0.6) is 0 Å². The van der Waals surface area contributed by atoms with Gasteiger partial charge in [0.15, 0.2) is 0 Å². The largest absolute Gasteiger partial charge is 0.450 e. The molecule has 2 rings (SSSR count). The molecule has 0 unspecified atom stereocenters. The van der Waals surface area contributed by atoms with Crippen LogP contribution in [0.25, 0.3) is 0 Å². The van der Waals surface area contributed by atoms with E-state index in [-0.39, 0.29) is 18.2 Å². The van der Waals surface area contributed by atoms with Gasteiger partial charge >= 0.3 is 12.1 Å². The summed E-state index contributed by atoms with van der Waals surface area (Å²) in [6, 6.07) is 5.51. The van der Waals surface area contributed by atoms with Crippen LogP contribution in [-0.2, 0) is 4.74 Å². The van der Waals surface area contributed by atoms with Gasteiger partial charge in [-0.3, -0.25) is 0 Å². The van der Waals surface area contributed by atoms with E-state index in [1.54, 1.807) is 11.8 Å². The first kappa shape index (κ1) is 17.6. The summed E-state index contributed by atoms with van der Waals surface area (Å²) in [7, 11) is 0. The highest BCUT2D eigenvalue weighted by Crippen LogP contribution is 2.20. The fraction of sp³-hybridized carbons (Fsp3) is 0.500. The number of aryl methyl sites for hydroxylation is 1. The van der Waals surface area contributed by atoms with Crippen LogP contribution in [0.3, 0.4) is 0 Å². The Morgan fingerprint density at radius 2 is 2.04 bits per heavy atom. The van der Waals surface area contributed by atoms with Crippen LogP contribution in [-0.4, -0.2) is 42.8 Å². The monoisotopic (exact) mass is 383 g/mol. The highest BCUT2D eigenvalue weighted by atomic mass is 79.9. The number of urea groups is 1. The summed E-state index contributed by atoms with van der Waals surface area (Å²) in [5.41, 5.74) is 1.82. The molecule has 6 nitrogen and oxygen atoms in total. The van der Waals surface area contributed by atoms with Crippen molar-refractivity contribution >= 4 is 33.7 Å². The molecule has 0 aliphatic carbocycles. The molecule has 0 spiro atoms. The summed E-state index contributed by atoms with van der Waals surface area (Å²) in [5, 5.41) is 5.79. The van der Waals surface area contributed by atoms with Crippen molar-refractivity contribution < 1.29 is 14.3 Å². The minimum atomic E-state index is -0.277. The molecule has 1 heterocycles. The minimum absolute atomic E-state index is 0.0669. The van der Waals surface area contributed by atoms with E-state index in [0.717, 1.165) is 28.6 Å². The van der Waals surface area contributed by atoms with Gasteiger partial charge < -0.3 is 20.3 Å². The molecule has 7 heteroatoms. The lowest BCUT2D eigenvalue weighted by Crippen LogP contribution is -2.47. The number of nitrogens with zero attached hydrogens (tertiary/aromatic N) is 1. The molecule has 0 aromatic heterocycles. The highest BCUT2D eigenvalue weighted by molar-refractivity contribution is 9.10. The van der Waals surface area contributed by atoms with Gasteiger partial charge in [-0.1, -0.05) is 15.9 Å². The van der Waals surface area contributed by atoms with Crippen molar-refractivity contribution in [3.05, 3.63) is 28.2 Å². The molecule has 1 fully saturated rings. The van der Waals surface area contributed by atoms with E-state index in [2.05, 4.69) is 26.6 Å². The second kappa shape index (κ2) is 8.19. The van der Waals surface area contributed by atoms with E-state index < -0.39 is 0 Å². The zero-order chi connectivity index (χ0) is 16.8. The molecule has 1 aliphatic heterocycles. The first-order valence-electron chi connectivity index (χ1n) is 7.75. The van der Waals surface area contributed by atoms with Crippen molar-refractivity contribution in [2.24, 2.45) is 0 Å². The Hall–Kier alpha value is -1.76. The van der Waals surface area contributed by atoms with Gasteiger partial charge in [-0.15, -0.1) is 0 Å². The maximum absolute atomic E-state index is 12.1. The molecule has 1 saturated heterocycles. The Balaban J connectivity index is 1.78. The number of ether oxygens (including phenoxy) is 1. The standard InChI is InChI=1S/C16H22BrN3O3/c1-3-23-16(22)20-8-6-12(7-9-20)18-15(21)19-13-4-5-14(17)11(2)10-13/h4-5,10,12H,3,6-9H2,1-2H3,(H2,18,19,21). The van der Waals surface area contributed by atoms with Crippen LogP contribution >= 0.6 is 15.9 Å². The molecular weight excluding hydrogens is 362 g/mol. The zero-order valence-electron chi connectivity index (χ0n) is 13.4. The number of carbonyl (C=O) groups excluding carboxylic acids is 2. The summed E-state index contributed by atoms with van der Waals surface area (Å²) >= 11 is 3.43. The van der Waals surface area contributed by atoms with Crippen LogP contribution in [0.2, 0.25) is 0 Å². The van der Waals surface area contributed by atoms with Crippen LogP contribution in [0, 0.1) is 6.92 Å². The number of amides is 3. The van der Waals surface area contributed by atoms with E-state index in [1.807, 2.05) is 25.1 Å². The SMILES string of the molecule is CCOC(=O)N1CCC(NC(=O)Nc2ccc(Br)c(C)c2)CC1. The van der Waals surface area contributed by atoms with Gasteiger partial charge in [-0.2, -0.15) is 0 Å². The number of anilines is 1. The molecule has 1 aromatic carbocycles. The average Bonchev–Trinajstić information content (AvgIpc) is 2.52. The third-order valence-corrected chi connectivity index (χ3v) is 4.66. The first-order chi connectivity index (χ1) is 11.0. The van der Waals surface area contributed by atoms with Gasteiger partial charge in [0.05, 0.1) is 6.61 Å². The number of rotatable bonds is 3. The van der Waals surface area contributed by atoms with Crippen molar-refractivity contribution in [3.63, 3.8) is 0 Å². The Bertz CT molecular complexity index is 572. The molecule has 126 valence electrons. The highest BCUT2D eigenvalue weighted by Gasteiger charge is 2.24. The zero-order valence-corrected chi connectivity index (χ0v) is 15.0. The van der Waals surface area contributed by atoms with E-state index >= 15 is 0 Å². The number of nitrogens with one attached hydrogen (secondary N) is 2. The molecular formula is C16H22BrN3O3. The number of benzene rings is 1. The molecule has 0 radical (unpaired) electrons. The van der Waals surface area contributed by atoms with Gasteiger partial charge in [0.25, 0.3) is 0 Å². The van der Waals surface area contributed by atoms with Crippen LogP contribution in [0.15, 0.2) is 22.7 Å². The van der Waals surface area contributed by atoms with Crippen LogP contribution in [0.4, 0.5) is 15.3 Å². The molecule has 3 amide bonds. The second-order valence-electron chi connectivity index (χ2n) is 5.52. The van der Waals surface area contributed by atoms with Gasteiger partial charge in [0, 0.05) is 29.3 Å². The average molecular weight is 384 g/mol. The number of hydrogen-bond donors (Lipinski definition) is 2. The van der Waals surface area contributed by atoms with Crippen molar-refractivity contribution in [1.82, 2.24) is 10.2 Å². The summed E-state index contributed by atoms with van der Waals surface area (Å²) in [4.78, 5) is 25.4. The second-order valence-corrected chi connectivity index (χ2v) is 6.38. The normalized spacial score (nSPS) is 15.2. The Labute approximate surface area is 144 Å². The van der Waals surface area contributed by atoms with E-state index in [9.17, 15) is 9.59 Å². The minimum Gasteiger partial charge on any atom is -0.450 e. The molecule has 0 saturated carbocycles. The lowest BCUT2D eigenvalue weighted by atomic mass is 10.1. The van der Waals surface area contributed by atoms with Crippen LogP contribution in [0.1, 0.15) is 25.3 Å². The van der Waals surface area contributed by atoms with E-state index in [0.29, 0.717) is 19.7 Å². The van der Waals surface area contributed by atoms with Crippen molar-refractivity contribution in [1.29, 1.82) is 0 Å². The molecule has 0 atom stereocenters. The summed E-state index contributed by atoms with van der Waals surface area (Å²) in [5.74, 6) is 0. The van der Waals surface area contributed by atoms with Gasteiger partial charge in [-0.25, -0.2) is 9.59 Å². The Morgan fingerprint density at radius 3 is 2.65 bits per heavy atom. The van der Waals surface area contributed by atoms with Crippen molar-refractivity contribution in [2.75, 3.05) is 25.0 Å². The molecule has 0 bridgehead atoms. The number of halogens is 1. The van der Waals surface area contributed by atoms with Crippen molar-refractivity contribution in [3.8, 4) is 0 Å². The predicted octanol–water partition coefficient (Wildman–Crippen LogP) is 3.50. The quantitative estimate of drug-likeness (QED) is 0.838. The van der Waals surface area contributed by atoms with Crippen LogP contribution < -0.4 is 10.6 Å². The lowest BCUT2D eigenvalue weighted by molar-refractivity contribution is 0.0959. The topological polar surface area (TPSA) is 70.7 Å². The number of hydrogen-bond acceptors (Lipinski definition) is 3. The number of carbonyl (C=O) groups is 2. The summed E-state index contributed by atoms with van der Waals surface area (Å²) < 4.78 is 5.99. The van der Waals surface area contributed by atoms with Gasteiger partial charge in [0.2, 0.25) is 0 Å². The van der Waals surface area contributed by atoms with E-state index in [4.69, 9.17) is 4.74 Å². The smallest absolute Gasteiger partial charge is 0.409 e. The number of piperidine rings is 1. The third kappa shape index (κ3) is 5.13. The molecule has 1 aromatic rings. The van der Waals surface area contributed by atoms with Gasteiger partial charge in [-0.05, 0) is 50.5 Å². The first-order valence-corrected chi connectivity index (χ1v) is 8.54. The third-order valence-electron chi connectivity index (χ3n) is 3.77. The summed E-state index contributed by atoms with van der Waals surface area (Å²) in [6.07, 6.45) is 1.18. The van der Waals surface area contributed by atoms with E-state index in [1.165, 1.54) is 0 Å². The predicted molar refractivity (Wildman–Crippen MR) is 92.7 cm³/mol. The molecule has 23 heavy (non-hydrogen) atoms. The number of likely N-dealkylation sites (tertiary alicyclic amines) is 1. The fourth-order valence-electron chi connectivity index (χ4n) is 2.50.